The molecule has 154 valence electrons. The Morgan fingerprint density at radius 1 is 1.23 bits per heavy atom. The number of nitrogens with one attached hydrogen (secondary N) is 1. The third kappa shape index (κ3) is 4.16. The van der Waals surface area contributed by atoms with Crippen molar-refractivity contribution < 1.29 is 12.8 Å². The Balaban J connectivity index is 1.63. The van der Waals surface area contributed by atoms with Gasteiger partial charge in [-0.3, -0.25) is 4.98 Å². The smallest absolute Gasteiger partial charge is 0.187 e. The highest BCUT2D eigenvalue weighted by Crippen LogP contribution is 2.33. The lowest BCUT2D eigenvalue weighted by Crippen LogP contribution is -2.11. The van der Waals surface area contributed by atoms with Gasteiger partial charge in [-0.1, -0.05) is 29.8 Å². The Labute approximate surface area is 182 Å². The van der Waals surface area contributed by atoms with Gasteiger partial charge in [0.05, 0.1) is 10.7 Å². The van der Waals surface area contributed by atoms with Crippen LogP contribution in [0.5, 0.6) is 0 Å². The molecule has 4 rings (SSSR count). The van der Waals surface area contributed by atoms with E-state index in [0.717, 1.165) is 28.5 Å². The van der Waals surface area contributed by atoms with Crippen molar-refractivity contribution in [1.29, 1.82) is 0 Å². The van der Waals surface area contributed by atoms with Crippen molar-refractivity contribution in [3.05, 3.63) is 81.8 Å². The van der Waals surface area contributed by atoms with Crippen LogP contribution in [-0.4, -0.2) is 18.4 Å². The number of aromatic nitrogens is 2. The Morgan fingerprint density at radius 3 is 2.83 bits per heavy atom. The van der Waals surface area contributed by atoms with E-state index < -0.39 is 20.5 Å². The van der Waals surface area contributed by atoms with Crippen LogP contribution in [0.15, 0.2) is 65.3 Å². The second-order valence-electron chi connectivity index (χ2n) is 6.76. The van der Waals surface area contributed by atoms with Crippen LogP contribution in [-0.2, 0) is 15.6 Å². The first-order chi connectivity index (χ1) is 14.3. The number of pyridine rings is 1. The van der Waals surface area contributed by atoms with Gasteiger partial charge in [0, 0.05) is 35.4 Å². The molecule has 0 aliphatic carbocycles. The number of fused-ring (bicyclic) bond motifs is 1. The molecule has 2 heterocycles. The van der Waals surface area contributed by atoms with Crippen LogP contribution < -0.4 is 5.32 Å². The zero-order chi connectivity index (χ0) is 21.3. The van der Waals surface area contributed by atoms with Crippen LogP contribution in [0, 0.1) is 5.82 Å². The molecule has 5 nitrogen and oxygen atoms in total. The van der Waals surface area contributed by atoms with Gasteiger partial charge in [-0.15, -0.1) is 11.3 Å². The van der Waals surface area contributed by atoms with Crippen molar-refractivity contribution in [3.8, 4) is 0 Å². The molecule has 1 atom stereocenters. The Morgan fingerprint density at radius 2 is 2.07 bits per heavy atom. The van der Waals surface area contributed by atoms with Crippen LogP contribution >= 0.6 is 22.9 Å². The lowest BCUT2D eigenvalue weighted by molar-refractivity contribution is 0.566. The monoisotopic (exact) mass is 461 g/mol. The van der Waals surface area contributed by atoms with Gasteiger partial charge >= 0.3 is 0 Å². The molecule has 2 aromatic carbocycles. The van der Waals surface area contributed by atoms with E-state index in [2.05, 4.69) is 15.3 Å². The number of thiazole rings is 1. The fourth-order valence-corrected chi connectivity index (χ4v) is 5.90. The summed E-state index contributed by atoms with van der Waals surface area (Å²) in [6, 6.07) is 9.86. The largest absolute Gasteiger partial charge is 0.377 e. The molecule has 0 aliphatic rings. The van der Waals surface area contributed by atoms with Gasteiger partial charge in [0.15, 0.2) is 9.84 Å². The van der Waals surface area contributed by atoms with Crippen LogP contribution in [0.1, 0.15) is 23.5 Å². The number of sulfone groups is 1. The van der Waals surface area contributed by atoms with Crippen molar-refractivity contribution in [2.45, 2.75) is 23.6 Å². The number of hydrogen-bond acceptors (Lipinski definition) is 6. The molecule has 0 bridgehead atoms. The lowest BCUT2D eigenvalue weighted by Gasteiger charge is -2.19. The molecule has 0 saturated heterocycles. The van der Waals surface area contributed by atoms with E-state index in [1.165, 1.54) is 17.5 Å². The van der Waals surface area contributed by atoms with E-state index in [0.29, 0.717) is 10.7 Å². The molecule has 30 heavy (non-hydrogen) atoms. The van der Waals surface area contributed by atoms with Crippen LogP contribution in [0.4, 0.5) is 10.1 Å². The van der Waals surface area contributed by atoms with Crippen LogP contribution in [0.3, 0.4) is 0 Å². The van der Waals surface area contributed by atoms with E-state index in [1.807, 2.05) is 31.2 Å². The van der Waals surface area contributed by atoms with E-state index in [1.54, 1.807) is 17.8 Å². The summed E-state index contributed by atoms with van der Waals surface area (Å²) in [6.07, 6.45) is 5.01. The maximum Gasteiger partial charge on any atom is 0.187 e. The zero-order valence-corrected chi connectivity index (χ0v) is 18.2. The maximum absolute atomic E-state index is 14.8. The number of rotatable bonds is 6. The van der Waals surface area contributed by atoms with Crippen molar-refractivity contribution in [1.82, 2.24) is 9.97 Å². The van der Waals surface area contributed by atoms with E-state index in [4.69, 9.17) is 11.6 Å². The summed E-state index contributed by atoms with van der Waals surface area (Å²) < 4.78 is 40.0. The van der Waals surface area contributed by atoms with E-state index >= 15 is 0 Å². The van der Waals surface area contributed by atoms with Crippen molar-refractivity contribution in [2.75, 3.05) is 5.32 Å². The minimum atomic E-state index is -3.91. The number of hydrogen-bond donors (Lipinski definition) is 1. The summed E-state index contributed by atoms with van der Waals surface area (Å²) >= 11 is 7.52. The number of anilines is 1. The fraction of sp³-hybridized carbons (Fsp3) is 0.143. The molecule has 0 spiro atoms. The summed E-state index contributed by atoms with van der Waals surface area (Å²) in [4.78, 5) is 7.70. The Bertz CT molecular complexity index is 1310. The van der Waals surface area contributed by atoms with Gasteiger partial charge in [0.1, 0.15) is 21.5 Å². The first-order valence-electron chi connectivity index (χ1n) is 9.04. The highest BCUT2D eigenvalue weighted by atomic mass is 35.5. The number of halogens is 2. The average molecular weight is 462 g/mol. The molecular weight excluding hydrogens is 445 g/mol. The van der Waals surface area contributed by atoms with Gasteiger partial charge in [-0.05, 0) is 36.1 Å². The first kappa shape index (κ1) is 20.7. The first-order valence-corrected chi connectivity index (χ1v) is 12.0. The highest BCUT2D eigenvalue weighted by molar-refractivity contribution is 7.90. The molecular formula is C21H17ClFN3O2S2. The summed E-state index contributed by atoms with van der Waals surface area (Å²) in [6.45, 7) is 1.92. The van der Waals surface area contributed by atoms with Crippen molar-refractivity contribution in [3.63, 3.8) is 0 Å². The number of benzene rings is 2. The summed E-state index contributed by atoms with van der Waals surface area (Å²) in [5.74, 6) is -1.23. The quantitative estimate of drug-likeness (QED) is 0.403. The minimum Gasteiger partial charge on any atom is -0.377 e. The third-order valence-electron chi connectivity index (χ3n) is 4.71. The third-order valence-corrected chi connectivity index (χ3v) is 7.62. The van der Waals surface area contributed by atoms with Gasteiger partial charge in [0.2, 0.25) is 0 Å². The molecule has 0 saturated carbocycles. The van der Waals surface area contributed by atoms with Crippen LogP contribution in [0.25, 0.3) is 10.8 Å². The Kier molecular flexibility index (Phi) is 5.73. The Hall–Kier alpha value is -2.55. The van der Waals surface area contributed by atoms with Gasteiger partial charge in [-0.25, -0.2) is 17.8 Å². The van der Waals surface area contributed by atoms with Gasteiger partial charge in [0.25, 0.3) is 0 Å². The molecule has 9 heteroatoms. The molecule has 4 aromatic rings. The molecule has 2 aromatic heterocycles. The molecule has 0 amide bonds. The number of nitrogens with zero attached hydrogens (tertiary/aromatic N) is 2. The van der Waals surface area contributed by atoms with Crippen molar-refractivity contribution in [2.24, 2.45) is 0 Å². The summed E-state index contributed by atoms with van der Waals surface area (Å²) in [5.41, 5.74) is 1.29. The molecule has 1 N–H and O–H groups in total. The second-order valence-corrected chi connectivity index (χ2v) is 10.1. The van der Waals surface area contributed by atoms with Crippen molar-refractivity contribution >= 4 is 49.2 Å². The predicted octanol–water partition coefficient (Wildman–Crippen LogP) is 5.63. The normalized spacial score (nSPS) is 12.8. The second kappa shape index (κ2) is 8.29. The SMILES string of the molecule is C[C@H](Nc1cc(F)c(S(=O)(=O)Cc2nccs2)cc1Cl)c1cccc2ccncc12. The van der Waals surface area contributed by atoms with Gasteiger partial charge in [-0.2, -0.15) is 0 Å². The summed E-state index contributed by atoms with van der Waals surface area (Å²) in [5, 5.41) is 7.38. The predicted molar refractivity (Wildman–Crippen MR) is 118 cm³/mol. The average Bonchev–Trinajstić information content (AvgIpc) is 3.22. The topological polar surface area (TPSA) is 72.0 Å². The molecule has 0 radical (unpaired) electrons. The molecule has 0 aliphatic heterocycles. The minimum absolute atomic E-state index is 0.124. The fourth-order valence-electron chi connectivity index (χ4n) is 3.27. The zero-order valence-electron chi connectivity index (χ0n) is 15.8. The van der Waals surface area contributed by atoms with Gasteiger partial charge < -0.3 is 5.32 Å². The highest BCUT2D eigenvalue weighted by Gasteiger charge is 2.23. The lowest BCUT2D eigenvalue weighted by atomic mass is 10.0. The van der Waals surface area contributed by atoms with E-state index in [-0.39, 0.29) is 16.8 Å². The maximum atomic E-state index is 14.8. The van der Waals surface area contributed by atoms with Crippen LogP contribution in [0.2, 0.25) is 5.02 Å². The molecule has 0 fully saturated rings. The summed E-state index contributed by atoms with van der Waals surface area (Å²) in [7, 11) is -3.91. The standard InChI is InChI=1S/C21H17ClFN3O2S2/c1-13(15-4-2-3-14-5-6-24-11-16(14)15)26-19-10-18(23)20(9-17(19)22)30(27,28)12-21-25-7-8-29-21/h2-11,13,26H,12H2,1H3/t13-/m0/s1. The molecule has 0 unspecified atom stereocenters. The van der Waals surface area contributed by atoms with E-state index in [9.17, 15) is 12.8 Å².